The fraction of sp³-hybridized carbons (Fsp3) is 0.333. The molecule has 0 radical (unpaired) electrons. The molecule has 0 bridgehead atoms. The number of carbonyl (C=O) groups excluding carboxylic acids is 1. The summed E-state index contributed by atoms with van der Waals surface area (Å²) in [5.74, 6) is 0.885. The molecule has 19 heavy (non-hydrogen) atoms. The van der Waals surface area contributed by atoms with E-state index in [1.54, 1.807) is 12.5 Å². The topological polar surface area (TPSA) is 44.1 Å². The molecule has 4 heteroatoms. The van der Waals surface area contributed by atoms with Gasteiger partial charge in [-0.3, -0.25) is 4.79 Å². The lowest BCUT2D eigenvalue weighted by Gasteiger charge is -2.12. The average Bonchev–Trinajstić information content (AvgIpc) is 2.89. The summed E-state index contributed by atoms with van der Waals surface area (Å²) < 4.78 is 7.84. The smallest absolute Gasteiger partial charge is 0.150 e. The van der Waals surface area contributed by atoms with E-state index in [1.165, 1.54) is 0 Å². The minimum atomic E-state index is 0.653. The van der Waals surface area contributed by atoms with Crippen molar-refractivity contribution in [3.63, 3.8) is 0 Å². The van der Waals surface area contributed by atoms with Gasteiger partial charge in [-0.2, -0.15) is 0 Å². The van der Waals surface area contributed by atoms with E-state index in [-0.39, 0.29) is 0 Å². The predicted octanol–water partition coefficient (Wildman–Crippen LogP) is 2.78. The summed E-state index contributed by atoms with van der Waals surface area (Å²) in [5, 5.41) is 0. The number of aldehydes is 1. The van der Waals surface area contributed by atoms with Gasteiger partial charge in [0.1, 0.15) is 12.0 Å². The molecule has 0 saturated carbocycles. The number of hydrogen-bond donors (Lipinski definition) is 0. The molecule has 1 aromatic heterocycles. The van der Waals surface area contributed by atoms with Crippen LogP contribution in [0.5, 0.6) is 5.75 Å². The van der Waals surface area contributed by atoms with Crippen LogP contribution in [0.25, 0.3) is 0 Å². The van der Waals surface area contributed by atoms with Gasteiger partial charge in [-0.05, 0) is 43.5 Å². The minimum Gasteiger partial charge on any atom is -0.493 e. The number of hydrogen-bond acceptors (Lipinski definition) is 3. The van der Waals surface area contributed by atoms with E-state index < -0.39 is 0 Å². The third kappa shape index (κ3) is 3.44. The van der Waals surface area contributed by atoms with E-state index in [4.69, 9.17) is 4.74 Å². The second kappa shape index (κ2) is 6.18. The van der Waals surface area contributed by atoms with Gasteiger partial charge in [0, 0.05) is 24.5 Å². The van der Waals surface area contributed by atoms with Crippen LogP contribution in [0.4, 0.5) is 0 Å². The number of rotatable bonds is 6. The maximum Gasteiger partial charge on any atom is 0.150 e. The van der Waals surface area contributed by atoms with E-state index in [1.807, 2.05) is 36.7 Å². The van der Waals surface area contributed by atoms with Crippen molar-refractivity contribution in [3.05, 3.63) is 47.5 Å². The molecule has 0 unspecified atom stereocenters. The highest BCUT2D eigenvalue weighted by Crippen LogP contribution is 2.24. The number of benzene rings is 1. The van der Waals surface area contributed by atoms with Gasteiger partial charge in [-0.1, -0.05) is 0 Å². The molecule has 0 aliphatic carbocycles. The maximum absolute atomic E-state index is 10.8. The van der Waals surface area contributed by atoms with Gasteiger partial charge in [0.25, 0.3) is 0 Å². The van der Waals surface area contributed by atoms with Crippen molar-refractivity contribution >= 4 is 6.29 Å². The average molecular weight is 258 g/mol. The number of aryl methyl sites for hydroxylation is 3. The maximum atomic E-state index is 10.8. The summed E-state index contributed by atoms with van der Waals surface area (Å²) in [6.45, 7) is 5.47. The molecule has 0 aliphatic heterocycles. The third-order valence-corrected chi connectivity index (χ3v) is 2.98. The SMILES string of the molecule is Cc1cc(C=O)cc(C)c1OCCCn1ccnc1. The first-order valence-electron chi connectivity index (χ1n) is 6.35. The van der Waals surface area contributed by atoms with E-state index >= 15 is 0 Å². The second-order valence-corrected chi connectivity index (χ2v) is 4.60. The molecule has 0 spiro atoms. The summed E-state index contributed by atoms with van der Waals surface area (Å²) in [5.41, 5.74) is 2.70. The number of nitrogens with zero attached hydrogens (tertiary/aromatic N) is 2. The van der Waals surface area contributed by atoms with E-state index in [2.05, 4.69) is 4.98 Å². The van der Waals surface area contributed by atoms with Gasteiger partial charge in [0.2, 0.25) is 0 Å². The molecule has 0 N–H and O–H groups in total. The Kier molecular flexibility index (Phi) is 4.34. The van der Waals surface area contributed by atoms with Crippen molar-refractivity contribution in [1.29, 1.82) is 0 Å². The van der Waals surface area contributed by atoms with Gasteiger partial charge in [-0.15, -0.1) is 0 Å². The Labute approximate surface area is 113 Å². The largest absolute Gasteiger partial charge is 0.493 e. The summed E-state index contributed by atoms with van der Waals surface area (Å²) in [7, 11) is 0. The summed E-state index contributed by atoms with van der Waals surface area (Å²) >= 11 is 0. The minimum absolute atomic E-state index is 0.653. The lowest BCUT2D eigenvalue weighted by Crippen LogP contribution is -2.05. The number of carbonyl (C=O) groups is 1. The van der Waals surface area contributed by atoms with Crippen molar-refractivity contribution in [1.82, 2.24) is 9.55 Å². The van der Waals surface area contributed by atoms with Crippen LogP contribution in [0, 0.1) is 13.8 Å². The standard InChI is InChI=1S/C15H18N2O2/c1-12-8-14(10-18)9-13(2)15(12)19-7-3-5-17-6-4-16-11-17/h4,6,8-11H,3,5,7H2,1-2H3. The number of aromatic nitrogens is 2. The number of ether oxygens (including phenoxy) is 1. The van der Waals surface area contributed by atoms with Crippen LogP contribution in [0.2, 0.25) is 0 Å². The van der Waals surface area contributed by atoms with Crippen LogP contribution in [0.15, 0.2) is 30.9 Å². The fourth-order valence-corrected chi connectivity index (χ4v) is 2.12. The molecule has 1 heterocycles. The quantitative estimate of drug-likeness (QED) is 0.591. The molecule has 0 aliphatic rings. The molecular formula is C15H18N2O2. The van der Waals surface area contributed by atoms with Crippen molar-refractivity contribution in [3.8, 4) is 5.75 Å². The molecule has 2 aromatic rings. The van der Waals surface area contributed by atoms with Crippen LogP contribution >= 0.6 is 0 Å². The first-order valence-corrected chi connectivity index (χ1v) is 6.35. The van der Waals surface area contributed by atoms with Gasteiger partial charge < -0.3 is 9.30 Å². The monoisotopic (exact) mass is 258 g/mol. The highest BCUT2D eigenvalue weighted by atomic mass is 16.5. The van der Waals surface area contributed by atoms with Crippen molar-refractivity contribution in [2.24, 2.45) is 0 Å². The van der Waals surface area contributed by atoms with Gasteiger partial charge in [0.05, 0.1) is 12.9 Å². The van der Waals surface area contributed by atoms with Crippen LogP contribution < -0.4 is 4.74 Å². The Morgan fingerprint density at radius 1 is 1.32 bits per heavy atom. The zero-order valence-electron chi connectivity index (χ0n) is 11.3. The number of imidazole rings is 1. The summed E-state index contributed by atoms with van der Waals surface area (Å²) in [4.78, 5) is 14.8. The normalized spacial score (nSPS) is 10.4. The summed E-state index contributed by atoms with van der Waals surface area (Å²) in [6.07, 6.45) is 7.30. The van der Waals surface area contributed by atoms with E-state index in [9.17, 15) is 4.79 Å². The molecule has 100 valence electrons. The van der Waals surface area contributed by atoms with Crippen molar-refractivity contribution < 1.29 is 9.53 Å². The Hall–Kier alpha value is -2.10. The lowest BCUT2D eigenvalue weighted by atomic mass is 10.1. The molecule has 0 atom stereocenters. The van der Waals surface area contributed by atoms with Crippen LogP contribution in [0.1, 0.15) is 27.9 Å². The summed E-state index contributed by atoms with van der Waals surface area (Å²) in [6, 6.07) is 3.70. The Bertz CT molecular complexity index is 524. The molecule has 2 rings (SSSR count). The Balaban J connectivity index is 1.90. The Morgan fingerprint density at radius 2 is 2.05 bits per heavy atom. The molecule has 0 amide bonds. The molecule has 1 aromatic carbocycles. The zero-order valence-corrected chi connectivity index (χ0v) is 11.3. The molecule has 4 nitrogen and oxygen atoms in total. The highest BCUT2D eigenvalue weighted by Gasteiger charge is 2.06. The van der Waals surface area contributed by atoms with E-state index in [0.717, 1.165) is 36.1 Å². The first-order chi connectivity index (χ1) is 9.20. The lowest BCUT2D eigenvalue weighted by molar-refractivity contribution is 0.112. The van der Waals surface area contributed by atoms with Crippen molar-refractivity contribution in [2.75, 3.05) is 6.61 Å². The first kappa shape index (κ1) is 13.3. The third-order valence-electron chi connectivity index (χ3n) is 2.98. The molecule has 0 fully saturated rings. The molecular weight excluding hydrogens is 240 g/mol. The van der Waals surface area contributed by atoms with Gasteiger partial charge in [-0.25, -0.2) is 4.98 Å². The van der Waals surface area contributed by atoms with Crippen LogP contribution in [0.3, 0.4) is 0 Å². The van der Waals surface area contributed by atoms with E-state index in [0.29, 0.717) is 12.2 Å². The van der Waals surface area contributed by atoms with Gasteiger partial charge in [0.15, 0.2) is 0 Å². The second-order valence-electron chi connectivity index (χ2n) is 4.60. The van der Waals surface area contributed by atoms with Gasteiger partial charge >= 0.3 is 0 Å². The Morgan fingerprint density at radius 3 is 2.63 bits per heavy atom. The van der Waals surface area contributed by atoms with Crippen LogP contribution in [-0.2, 0) is 6.54 Å². The molecule has 0 saturated heterocycles. The fourth-order valence-electron chi connectivity index (χ4n) is 2.12. The zero-order chi connectivity index (χ0) is 13.7. The van der Waals surface area contributed by atoms with Crippen LogP contribution in [-0.4, -0.2) is 22.4 Å². The highest BCUT2D eigenvalue weighted by molar-refractivity contribution is 5.76. The van der Waals surface area contributed by atoms with Crippen molar-refractivity contribution in [2.45, 2.75) is 26.8 Å². The predicted molar refractivity (Wildman–Crippen MR) is 73.6 cm³/mol.